The van der Waals surface area contributed by atoms with Gasteiger partial charge in [0.05, 0.1) is 0 Å². The number of aliphatic hydroxyl groups is 1. The summed E-state index contributed by atoms with van der Waals surface area (Å²) in [5.74, 6) is 0. The quantitative estimate of drug-likeness (QED) is 0.637. The van der Waals surface area contributed by atoms with Crippen molar-refractivity contribution in [1.29, 1.82) is 0 Å². The van der Waals surface area contributed by atoms with E-state index in [-0.39, 0.29) is 12.1 Å². The van der Waals surface area contributed by atoms with Crippen molar-refractivity contribution in [3.63, 3.8) is 0 Å². The van der Waals surface area contributed by atoms with E-state index in [1.807, 2.05) is 0 Å². The molecule has 0 amide bonds. The predicted octanol–water partition coefficient (Wildman–Crippen LogP) is 1.54. The molecule has 0 aromatic rings. The van der Waals surface area contributed by atoms with Crippen molar-refractivity contribution in [3.05, 3.63) is 0 Å². The average molecular weight is 159 g/mol. The summed E-state index contributed by atoms with van der Waals surface area (Å²) in [6, 6.07) is 0.538. The van der Waals surface area contributed by atoms with Crippen molar-refractivity contribution in [1.82, 2.24) is 5.32 Å². The SMILES string of the molecule is CCC(C)NC(C)(C)CCO. The summed E-state index contributed by atoms with van der Waals surface area (Å²) in [6.45, 7) is 8.83. The first-order chi connectivity index (χ1) is 5.02. The molecule has 0 aromatic heterocycles. The van der Waals surface area contributed by atoms with Crippen LogP contribution in [0.1, 0.15) is 40.5 Å². The van der Waals surface area contributed by atoms with Gasteiger partial charge >= 0.3 is 0 Å². The summed E-state index contributed by atoms with van der Waals surface area (Å²) < 4.78 is 0. The first kappa shape index (κ1) is 10.9. The van der Waals surface area contributed by atoms with E-state index in [4.69, 9.17) is 5.11 Å². The minimum Gasteiger partial charge on any atom is -0.396 e. The Labute approximate surface area is 70.0 Å². The second kappa shape index (κ2) is 4.73. The number of hydrogen-bond donors (Lipinski definition) is 2. The molecule has 1 atom stereocenters. The fourth-order valence-corrected chi connectivity index (χ4v) is 1.12. The Morgan fingerprint density at radius 1 is 1.45 bits per heavy atom. The minimum absolute atomic E-state index is 0.0736. The normalized spacial score (nSPS) is 15.0. The summed E-state index contributed by atoms with van der Waals surface area (Å²) in [5, 5.41) is 12.2. The summed E-state index contributed by atoms with van der Waals surface area (Å²) in [4.78, 5) is 0. The lowest BCUT2D eigenvalue weighted by Crippen LogP contribution is -2.45. The molecule has 0 aliphatic carbocycles. The Morgan fingerprint density at radius 3 is 2.36 bits per heavy atom. The molecule has 0 aliphatic rings. The third kappa shape index (κ3) is 5.22. The van der Waals surface area contributed by atoms with Crippen LogP contribution in [-0.2, 0) is 0 Å². The van der Waals surface area contributed by atoms with Crippen LogP contribution in [0.5, 0.6) is 0 Å². The van der Waals surface area contributed by atoms with E-state index in [1.54, 1.807) is 0 Å². The molecule has 0 saturated carbocycles. The second-order valence-electron chi connectivity index (χ2n) is 3.81. The molecular weight excluding hydrogens is 138 g/mol. The van der Waals surface area contributed by atoms with Crippen LogP contribution in [0.3, 0.4) is 0 Å². The maximum absolute atomic E-state index is 8.75. The maximum atomic E-state index is 8.75. The van der Waals surface area contributed by atoms with Crippen molar-refractivity contribution in [2.45, 2.75) is 52.1 Å². The van der Waals surface area contributed by atoms with Crippen molar-refractivity contribution in [2.75, 3.05) is 6.61 Å². The van der Waals surface area contributed by atoms with E-state index < -0.39 is 0 Å². The van der Waals surface area contributed by atoms with Gasteiger partial charge in [-0.05, 0) is 33.6 Å². The molecule has 0 radical (unpaired) electrons. The van der Waals surface area contributed by atoms with Gasteiger partial charge in [0, 0.05) is 18.2 Å². The lowest BCUT2D eigenvalue weighted by atomic mass is 9.99. The number of nitrogens with one attached hydrogen (secondary N) is 1. The molecule has 2 heteroatoms. The first-order valence-electron chi connectivity index (χ1n) is 4.40. The number of hydrogen-bond acceptors (Lipinski definition) is 2. The molecule has 0 fully saturated rings. The van der Waals surface area contributed by atoms with Gasteiger partial charge in [0.1, 0.15) is 0 Å². The van der Waals surface area contributed by atoms with Crippen LogP contribution in [-0.4, -0.2) is 23.3 Å². The van der Waals surface area contributed by atoms with Gasteiger partial charge in [0.25, 0.3) is 0 Å². The Balaban J connectivity index is 3.70. The summed E-state index contributed by atoms with van der Waals surface area (Å²) in [6.07, 6.45) is 1.95. The van der Waals surface area contributed by atoms with Gasteiger partial charge in [-0.1, -0.05) is 6.92 Å². The topological polar surface area (TPSA) is 32.3 Å². The van der Waals surface area contributed by atoms with E-state index in [9.17, 15) is 0 Å². The van der Waals surface area contributed by atoms with Crippen LogP contribution < -0.4 is 5.32 Å². The standard InChI is InChI=1S/C9H21NO/c1-5-8(2)10-9(3,4)6-7-11/h8,10-11H,5-7H2,1-4H3. The van der Waals surface area contributed by atoms with Gasteiger partial charge < -0.3 is 10.4 Å². The highest BCUT2D eigenvalue weighted by molar-refractivity contribution is 4.79. The van der Waals surface area contributed by atoms with Gasteiger partial charge in [-0.15, -0.1) is 0 Å². The highest BCUT2D eigenvalue weighted by Crippen LogP contribution is 2.09. The highest BCUT2D eigenvalue weighted by atomic mass is 16.3. The maximum Gasteiger partial charge on any atom is 0.0448 e. The summed E-state index contributed by atoms with van der Waals surface area (Å²) in [7, 11) is 0. The number of rotatable bonds is 5. The van der Waals surface area contributed by atoms with Crippen LogP contribution >= 0.6 is 0 Å². The van der Waals surface area contributed by atoms with E-state index in [0.29, 0.717) is 6.04 Å². The van der Waals surface area contributed by atoms with Crippen molar-refractivity contribution in [2.24, 2.45) is 0 Å². The van der Waals surface area contributed by atoms with Crippen LogP contribution in [0.4, 0.5) is 0 Å². The van der Waals surface area contributed by atoms with E-state index in [2.05, 4.69) is 33.0 Å². The molecule has 2 nitrogen and oxygen atoms in total. The molecule has 11 heavy (non-hydrogen) atoms. The fourth-order valence-electron chi connectivity index (χ4n) is 1.12. The predicted molar refractivity (Wildman–Crippen MR) is 48.7 cm³/mol. The highest BCUT2D eigenvalue weighted by Gasteiger charge is 2.17. The molecule has 1 unspecified atom stereocenters. The lowest BCUT2D eigenvalue weighted by Gasteiger charge is -2.29. The molecule has 0 aliphatic heterocycles. The molecule has 68 valence electrons. The zero-order valence-corrected chi connectivity index (χ0v) is 8.15. The van der Waals surface area contributed by atoms with Gasteiger partial charge in [-0.2, -0.15) is 0 Å². The molecule has 0 aromatic carbocycles. The van der Waals surface area contributed by atoms with Gasteiger partial charge in [-0.3, -0.25) is 0 Å². The average Bonchev–Trinajstić information content (AvgIpc) is 1.86. The van der Waals surface area contributed by atoms with E-state index in [0.717, 1.165) is 12.8 Å². The van der Waals surface area contributed by atoms with Gasteiger partial charge in [0.15, 0.2) is 0 Å². The van der Waals surface area contributed by atoms with Gasteiger partial charge in [0.2, 0.25) is 0 Å². The van der Waals surface area contributed by atoms with Crippen LogP contribution in [0.2, 0.25) is 0 Å². The second-order valence-corrected chi connectivity index (χ2v) is 3.81. The zero-order valence-electron chi connectivity index (χ0n) is 8.15. The smallest absolute Gasteiger partial charge is 0.0448 e. The lowest BCUT2D eigenvalue weighted by molar-refractivity contribution is 0.220. The first-order valence-corrected chi connectivity index (χ1v) is 4.40. The Morgan fingerprint density at radius 2 is 2.00 bits per heavy atom. The van der Waals surface area contributed by atoms with Crippen LogP contribution in [0.25, 0.3) is 0 Å². The minimum atomic E-state index is 0.0736. The van der Waals surface area contributed by atoms with Crippen molar-refractivity contribution < 1.29 is 5.11 Å². The van der Waals surface area contributed by atoms with Crippen molar-refractivity contribution in [3.8, 4) is 0 Å². The monoisotopic (exact) mass is 159 g/mol. The molecule has 0 spiro atoms. The van der Waals surface area contributed by atoms with Crippen LogP contribution in [0.15, 0.2) is 0 Å². The zero-order chi connectivity index (χ0) is 8.91. The van der Waals surface area contributed by atoms with Gasteiger partial charge in [-0.25, -0.2) is 0 Å². The molecule has 0 heterocycles. The summed E-state index contributed by atoms with van der Waals surface area (Å²) in [5.41, 5.74) is 0.0736. The third-order valence-electron chi connectivity index (χ3n) is 1.99. The molecular formula is C9H21NO. The Hall–Kier alpha value is -0.0800. The van der Waals surface area contributed by atoms with Crippen LogP contribution in [0, 0.1) is 0 Å². The molecule has 2 N–H and O–H groups in total. The van der Waals surface area contributed by atoms with Crippen molar-refractivity contribution >= 4 is 0 Å². The molecule has 0 saturated heterocycles. The van der Waals surface area contributed by atoms with E-state index >= 15 is 0 Å². The fraction of sp³-hybridized carbons (Fsp3) is 1.00. The third-order valence-corrected chi connectivity index (χ3v) is 1.99. The number of aliphatic hydroxyl groups excluding tert-OH is 1. The summed E-state index contributed by atoms with van der Waals surface area (Å²) >= 11 is 0. The Bertz CT molecular complexity index is 102. The Kier molecular flexibility index (Phi) is 4.69. The molecule has 0 rings (SSSR count). The van der Waals surface area contributed by atoms with E-state index in [1.165, 1.54) is 0 Å². The largest absolute Gasteiger partial charge is 0.396 e. The molecule has 0 bridgehead atoms.